The van der Waals surface area contributed by atoms with Gasteiger partial charge in [-0.3, -0.25) is 0 Å². The minimum Gasteiger partial charge on any atom is -0.309 e. The molecule has 0 aliphatic carbocycles. The maximum atomic E-state index is 14.0. The van der Waals surface area contributed by atoms with E-state index in [9.17, 15) is 4.39 Å². The first-order valence-corrected chi connectivity index (χ1v) is 7.40. The number of halogens is 3. The van der Waals surface area contributed by atoms with Crippen molar-refractivity contribution >= 4 is 38.9 Å². The lowest BCUT2D eigenvalue weighted by Gasteiger charge is -2.18. The predicted molar refractivity (Wildman–Crippen MR) is 79.1 cm³/mol. The van der Waals surface area contributed by atoms with Crippen LogP contribution in [0, 0.1) is 12.7 Å². The van der Waals surface area contributed by atoms with Gasteiger partial charge in [-0.05, 0) is 53.7 Å². The highest BCUT2D eigenvalue weighted by atomic mass is 79.9. The second kappa shape index (κ2) is 5.70. The lowest BCUT2D eigenvalue weighted by molar-refractivity contribution is 0.576. The SMILES string of the molecule is CNC(c1cc(Br)sc1C)c1c(F)cccc1Cl. The molecule has 1 heterocycles. The molecule has 5 heteroatoms. The topological polar surface area (TPSA) is 12.0 Å². The highest BCUT2D eigenvalue weighted by Gasteiger charge is 2.22. The van der Waals surface area contributed by atoms with Crippen LogP contribution in [0.15, 0.2) is 28.1 Å². The van der Waals surface area contributed by atoms with Crippen LogP contribution in [0.3, 0.4) is 0 Å². The van der Waals surface area contributed by atoms with Crippen LogP contribution >= 0.6 is 38.9 Å². The number of hydrogen-bond donors (Lipinski definition) is 1. The third kappa shape index (κ3) is 2.62. The fourth-order valence-corrected chi connectivity index (χ4v) is 4.01. The highest BCUT2D eigenvalue weighted by molar-refractivity contribution is 9.11. The summed E-state index contributed by atoms with van der Waals surface area (Å²) >= 11 is 11.2. The normalized spacial score (nSPS) is 12.7. The zero-order valence-electron chi connectivity index (χ0n) is 9.93. The van der Waals surface area contributed by atoms with Gasteiger partial charge in [0.15, 0.2) is 0 Å². The van der Waals surface area contributed by atoms with Crippen LogP contribution in [0.4, 0.5) is 4.39 Å². The molecule has 1 aromatic heterocycles. The molecule has 1 aromatic carbocycles. The molecule has 0 radical (unpaired) electrons. The lowest BCUT2D eigenvalue weighted by atomic mass is 9.99. The summed E-state index contributed by atoms with van der Waals surface area (Å²) in [6, 6.07) is 6.53. The van der Waals surface area contributed by atoms with Gasteiger partial charge in [-0.2, -0.15) is 0 Å². The zero-order valence-corrected chi connectivity index (χ0v) is 13.1. The van der Waals surface area contributed by atoms with Gasteiger partial charge in [0.1, 0.15) is 5.82 Å². The van der Waals surface area contributed by atoms with Crippen LogP contribution in [-0.2, 0) is 0 Å². The van der Waals surface area contributed by atoms with Crippen LogP contribution in [0.2, 0.25) is 5.02 Å². The number of rotatable bonds is 3. The summed E-state index contributed by atoms with van der Waals surface area (Å²) in [5.74, 6) is -0.288. The predicted octanol–water partition coefficient (Wildman–Crippen LogP) is 4.92. The summed E-state index contributed by atoms with van der Waals surface area (Å²) in [6.45, 7) is 2.02. The second-order valence-corrected chi connectivity index (χ2v) is 6.96. The first-order valence-electron chi connectivity index (χ1n) is 5.41. The molecule has 1 nitrogen and oxygen atoms in total. The van der Waals surface area contributed by atoms with Crippen molar-refractivity contribution in [1.82, 2.24) is 5.32 Å². The Morgan fingerprint density at radius 2 is 2.17 bits per heavy atom. The van der Waals surface area contributed by atoms with Crippen molar-refractivity contribution in [3.63, 3.8) is 0 Å². The Morgan fingerprint density at radius 1 is 1.44 bits per heavy atom. The van der Waals surface area contributed by atoms with Crippen LogP contribution in [0.1, 0.15) is 22.0 Å². The molecule has 0 fully saturated rings. The Morgan fingerprint density at radius 3 is 2.67 bits per heavy atom. The molecule has 0 saturated carbocycles. The molecule has 18 heavy (non-hydrogen) atoms. The van der Waals surface area contributed by atoms with Crippen molar-refractivity contribution in [2.75, 3.05) is 7.05 Å². The van der Waals surface area contributed by atoms with E-state index in [-0.39, 0.29) is 11.9 Å². The van der Waals surface area contributed by atoms with Crippen molar-refractivity contribution in [2.24, 2.45) is 0 Å². The molecule has 0 amide bonds. The van der Waals surface area contributed by atoms with E-state index in [1.165, 1.54) is 6.07 Å². The van der Waals surface area contributed by atoms with Gasteiger partial charge in [0.25, 0.3) is 0 Å². The Hall–Kier alpha value is -0.420. The van der Waals surface area contributed by atoms with E-state index in [0.717, 1.165) is 14.2 Å². The number of hydrogen-bond acceptors (Lipinski definition) is 2. The monoisotopic (exact) mass is 347 g/mol. The van der Waals surface area contributed by atoms with Gasteiger partial charge in [0, 0.05) is 15.5 Å². The zero-order chi connectivity index (χ0) is 13.3. The molecular weight excluding hydrogens is 337 g/mol. The summed E-state index contributed by atoms with van der Waals surface area (Å²) in [6.07, 6.45) is 0. The molecule has 0 saturated heterocycles. The fourth-order valence-electron chi connectivity index (χ4n) is 1.99. The van der Waals surface area contributed by atoms with E-state index in [1.54, 1.807) is 30.5 Å². The average Bonchev–Trinajstić information content (AvgIpc) is 2.63. The first-order chi connectivity index (χ1) is 8.54. The van der Waals surface area contributed by atoms with Crippen molar-refractivity contribution < 1.29 is 4.39 Å². The molecular formula is C13H12BrClFNS. The summed E-state index contributed by atoms with van der Waals surface area (Å²) in [5, 5.41) is 3.57. The Bertz CT molecular complexity index is 550. The molecule has 0 bridgehead atoms. The minimum atomic E-state index is -0.288. The molecule has 0 spiro atoms. The Balaban J connectivity index is 2.55. The summed E-state index contributed by atoms with van der Waals surface area (Å²) in [5.41, 5.74) is 1.54. The largest absolute Gasteiger partial charge is 0.309 e. The van der Waals surface area contributed by atoms with Crippen molar-refractivity contribution in [3.05, 3.63) is 54.9 Å². The molecule has 2 rings (SSSR count). The van der Waals surface area contributed by atoms with Crippen LogP contribution < -0.4 is 5.32 Å². The maximum absolute atomic E-state index is 14.0. The van der Waals surface area contributed by atoms with Gasteiger partial charge in [-0.15, -0.1) is 11.3 Å². The van der Waals surface area contributed by atoms with E-state index >= 15 is 0 Å². The molecule has 96 valence electrons. The molecule has 1 atom stereocenters. The van der Waals surface area contributed by atoms with Crippen molar-refractivity contribution in [3.8, 4) is 0 Å². The summed E-state index contributed by atoms with van der Waals surface area (Å²) in [4.78, 5) is 1.14. The van der Waals surface area contributed by atoms with Gasteiger partial charge >= 0.3 is 0 Å². The van der Waals surface area contributed by atoms with Crippen LogP contribution in [-0.4, -0.2) is 7.05 Å². The van der Waals surface area contributed by atoms with E-state index in [0.29, 0.717) is 10.6 Å². The summed E-state index contributed by atoms with van der Waals surface area (Å²) < 4.78 is 15.0. The molecule has 1 N–H and O–H groups in total. The van der Waals surface area contributed by atoms with Gasteiger partial charge < -0.3 is 5.32 Å². The van der Waals surface area contributed by atoms with E-state index < -0.39 is 0 Å². The third-order valence-electron chi connectivity index (χ3n) is 2.81. The first kappa shape index (κ1) is 14.0. The second-order valence-electron chi connectivity index (χ2n) is 3.92. The van der Waals surface area contributed by atoms with Gasteiger partial charge in [0.05, 0.1) is 9.83 Å². The smallest absolute Gasteiger partial charge is 0.129 e. The van der Waals surface area contributed by atoms with Gasteiger partial charge in [-0.1, -0.05) is 17.7 Å². The van der Waals surface area contributed by atoms with E-state index in [2.05, 4.69) is 21.2 Å². The number of thiophene rings is 1. The van der Waals surface area contributed by atoms with Crippen LogP contribution in [0.25, 0.3) is 0 Å². The van der Waals surface area contributed by atoms with Crippen LogP contribution in [0.5, 0.6) is 0 Å². The Labute approximate surface area is 123 Å². The van der Waals surface area contributed by atoms with Crippen molar-refractivity contribution in [1.29, 1.82) is 0 Å². The van der Waals surface area contributed by atoms with Gasteiger partial charge in [-0.25, -0.2) is 4.39 Å². The lowest BCUT2D eigenvalue weighted by Crippen LogP contribution is -2.19. The fraction of sp³-hybridized carbons (Fsp3) is 0.231. The summed E-state index contributed by atoms with van der Waals surface area (Å²) in [7, 11) is 1.80. The highest BCUT2D eigenvalue weighted by Crippen LogP contribution is 2.36. The maximum Gasteiger partial charge on any atom is 0.129 e. The standard InChI is InChI=1S/C13H12BrClFNS/c1-7-8(6-11(14)18-7)13(17-2)12-9(15)4-3-5-10(12)16/h3-6,13,17H,1-2H3. The van der Waals surface area contributed by atoms with E-state index in [4.69, 9.17) is 11.6 Å². The third-order valence-corrected chi connectivity index (χ3v) is 4.71. The Kier molecular flexibility index (Phi) is 4.43. The van der Waals surface area contributed by atoms with Crippen molar-refractivity contribution in [2.45, 2.75) is 13.0 Å². The number of aryl methyl sites for hydroxylation is 1. The van der Waals surface area contributed by atoms with E-state index in [1.807, 2.05) is 13.0 Å². The average molecular weight is 349 g/mol. The number of benzene rings is 1. The molecule has 0 aliphatic heterocycles. The molecule has 1 unspecified atom stereocenters. The quantitative estimate of drug-likeness (QED) is 0.830. The number of nitrogens with one attached hydrogen (secondary N) is 1. The van der Waals surface area contributed by atoms with Gasteiger partial charge in [0.2, 0.25) is 0 Å². The molecule has 0 aliphatic rings. The molecule has 2 aromatic rings. The minimum absolute atomic E-state index is 0.235.